The van der Waals surface area contributed by atoms with Gasteiger partial charge in [-0.15, -0.1) is 0 Å². The standard InChI is InChI=1S/C14H22N4O2/c1-17-6-8-18(9-7-17)5-4-10-2-3-11(14(19)20)13(16)12(10)15/h2-3H,4-9,15-16H2,1H3,(H,19,20). The van der Waals surface area contributed by atoms with Gasteiger partial charge in [0.05, 0.1) is 16.9 Å². The molecule has 0 aliphatic carbocycles. The summed E-state index contributed by atoms with van der Waals surface area (Å²) in [6.07, 6.45) is 0.791. The second-order valence-electron chi connectivity index (χ2n) is 5.30. The molecule has 0 unspecified atom stereocenters. The van der Waals surface area contributed by atoms with Crippen molar-refractivity contribution < 1.29 is 9.90 Å². The number of hydrogen-bond donors (Lipinski definition) is 3. The van der Waals surface area contributed by atoms with E-state index in [1.54, 1.807) is 6.07 Å². The van der Waals surface area contributed by atoms with E-state index in [2.05, 4.69) is 16.8 Å². The fourth-order valence-corrected chi connectivity index (χ4v) is 2.44. The van der Waals surface area contributed by atoms with E-state index in [-0.39, 0.29) is 11.3 Å². The summed E-state index contributed by atoms with van der Waals surface area (Å²) < 4.78 is 0. The van der Waals surface area contributed by atoms with Crippen molar-refractivity contribution in [2.24, 2.45) is 0 Å². The quantitative estimate of drug-likeness (QED) is 0.687. The van der Waals surface area contributed by atoms with Crippen LogP contribution in [0.4, 0.5) is 11.4 Å². The molecule has 1 aliphatic rings. The number of hydrogen-bond acceptors (Lipinski definition) is 5. The van der Waals surface area contributed by atoms with Crippen LogP contribution in [-0.4, -0.2) is 60.6 Å². The van der Waals surface area contributed by atoms with Crippen LogP contribution < -0.4 is 11.5 Å². The molecule has 6 heteroatoms. The molecule has 0 bridgehead atoms. The molecule has 0 amide bonds. The van der Waals surface area contributed by atoms with E-state index in [4.69, 9.17) is 16.6 Å². The molecule has 2 rings (SSSR count). The molecule has 1 aromatic rings. The highest BCUT2D eigenvalue weighted by molar-refractivity contribution is 5.97. The SMILES string of the molecule is CN1CCN(CCc2ccc(C(=O)O)c(N)c2N)CC1. The van der Waals surface area contributed by atoms with Crippen molar-refractivity contribution in [1.29, 1.82) is 0 Å². The number of carboxylic acid groups (broad SMARTS) is 1. The van der Waals surface area contributed by atoms with Crippen molar-refractivity contribution in [3.63, 3.8) is 0 Å². The average Bonchev–Trinajstić information content (AvgIpc) is 2.42. The first-order valence-electron chi connectivity index (χ1n) is 6.80. The minimum atomic E-state index is -1.04. The maximum atomic E-state index is 11.0. The molecule has 0 aromatic heterocycles. The van der Waals surface area contributed by atoms with Crippen LogP contribution in [-0.2, 0) is 6.42 Å². The number of carbonyl (C=O) groups is 1. The molecule has 5 N–H and O–H groups in total. The van der Waals surface area contributed by atoms with E-state index < -0.39 is 5.97 Å². The van der Waals surface area contributed by atoms with Crippen LogP contribution in [0.5, 0.6) is 0 Å². The third-order valence-electron chi connectivity index (χ3n) is 3.90. The Hall–Kier alpha value is -1.79. The van der Waals surface area contributed by atoms with Gasteiger partial charge in [0.15, 0.2) is 0 Å². The Kier molecular flexibility index (Phi) is 4.46. The maximum absolute atomic E-state index is 11.0. The summed E-state index contributed by atoms with van der Waals surface area (Å²) in [6, 6.07) is 3.30. The molecule has 0 spiro atoms. The van der Waals surface area contributed by atoms with Gasteiger partial charge in [0.1, 0.15) is 0 Å². The monoisotopic (exact) mass is 278 g/mol. The first-order chi connectivity index (χ1) is 9.49. The summed E-state index contributed by atoms with van der Waals surface area (Å²) >= 11 is 0. The van der Waals surface area contributed by atoms with Gasteiger partial charge in [0.25, 0.3) is 0 Å². The van der Waals surface area contributed by atoms with E-state index in [1.807, 2.05) is 0 Å². The van der Waals surface area contributed by atoms with Gasteiger partial charge in [0, 0.05) is 32.7 Å². The Balaban J connectivity index is 2.00. The molecule has 1 aromatic carbocycles. The summed E-state index contributed by atoms with van der Waals surface area (Å²) in [5, 5.41) is 8.99. The smallest absolute Gasteiger partial charge is 0.337 e. The van der Waals surface area contributed by atoms with Crippen molar-refractivity contribution in [2.75, 3.05) is 51.2 Å². The highest BCUT2D eigenvalue weighted by Gasteiger charge is 2.16. The lowest BCUT2D eigenvalue weighted by atomic mass is 10.0. The second kappa shape index (κ2) is 6.11. The third-order valence-corrected chi connectivity index (χ3v) is 3.90. The Morgan fingerprint density at radius 2 is 1.85 bits per heavy atom. The number of nitrogens with zero attached hydrogens (tertiary/aromatic N) is 2. The number of benzene rings is 1. The molecular formula is C14H22N4O2. The number of nitrogens with two attached hydrogens (primary N) is 2. The summed E-state index contributed by atoms with van der Waals surface area (Å²) in [5.74, 6) is -1.04. The van der Waals surface area contributed by atoms with E-state index in [0.29, 0.717) is 5.69 Å². The molecule has 0 atom stereocenters. The molecule has 110 valence electrons. The van der Waals surface area contributed by atoms with Gasteiger partial charge in [-0.05, 0) is 25.1 Å². The van der Waals surface area contributed by atoms with Crippen molar-refractivity contribution in [3.8, 4) is 0 Å². The van der Waals surface area contributed by atoms with Gasteiger partial charge in [-0.25, -0.2) is 4.79 Å². The molecule has 0 radical (unpaired) electrons. The highest BCUT2D eigenvalue weighted by Crippen LogP contribution is 2.25. The normalized spacial score (nSPS) is 17.2. The zero-order chi connectivity index (χ0) is 14.7. The first kappa shape index (κ1) is 14.6. The van der Waals surface area contributed by atoms with Gasteiger partial charge in [0.2, 0.25) is 0 Å². The van der Waals surface area contributed by atoms with Crippen molar-refractivity contribution in [3.05, 3.63) is 23.3 Å². The zero-order valence-electron chi connectivity index (χ0n) is 11.8. The van der Waals surface area contributed by atoms with Gasteiger partial charge < -0.3 is 26.4 Å². The van der Waals surface area contributed by atoms with E-state index in [9.17, 15) is 4.79 Å². The first-order valence-corrected chi connectivity index (χ1v) is 6.80. The number of anilines is 2. The molecule has 1 saturated heterocycles. The van der Waals surface area contributed by atoms with Gasteiger partial charge in [-0.3, -0.25) is 0 Å². The predicted molar refractivity (Wildman–Crippen MR) is 79.9 cm³/mol. The highest BCUT2D eigenvalue weighted by atomic mass is 16.4. The van der Waals surface area contributed by atoms with Crippen LogP contribution in [0, 0.1) is 0 Å². The van der Waals surface area contributed by atoms with Crippen LogP contribution >= 0.6 is 0 Å². The Morgan fingerprint density at radius 1 is 1.20 bits per heavy atom. The average molecular weight is 278 g/mol. The summed E-state index contributed by atoms with van der Waals surface area (Å²) in [7, 11) is 2.13. The topological polar surface area (TPSA) is 95.8 Å². The molecule has 20 heavy (non-hydrogen) atoms. The zero-order valence-corrected chi connectivity index (χ0v) is 11.8. The summed E-state index contributed by atoms with van der Waals surface area (Å²) in [6.45, 7) is 5.19. The van der Waals surface area contributed by atoms with Crippen LogP contribution in [0.2, 0.25) is 0 Å². The van der Waals surface area contributed by atoms with Gasteiger partial charge in [-0.2, -0.15) is 0 Å². The molecule has 6 nitrogen and oxygen atoms in total. The number of aromatic carboxylic acids is 1. The lowest BCUT2D eigenvalue weighted by molar-refractivity contribution is 0.0698. The van der Waals surface area contributed by atoms with E-state index in [1.165, 1.54) is 6.07 Å². The number of rotatable bonds is 4. The van der Waals surface area contributed by atoms with Crippen LogP contribution in [0.15, 0.2) is 12.1 Å². The lowest BCUT2D eigenvalue weighted by Crippen LogP contribution is -2.45. The number of piperazine rings is 1. The fraction of sp³-hybridized carbons (Fsp3) is 0.500. The molecule has 1 aliphatic heterocycles. The van der Waals surface area contributed by atoms with Crippen molar-refractivity contribution in [2.45, 2.75) is 6.42 Å². The van der Waals surface area contributed by atoms with Crippen LogP contribution in [0.1, 0.15) is 15.9 Å². The molecule has 1 heterocycles. The predicted octanol–water partition coefficient (Wildman–Crippen LogP) is 0.339. The molecule has 1 fully saturated rings. The Bertz CT molecular complexity index is 496. The minimum Gasteiger partial charge on any atom is -0.478 e. The van der Waals surface area contributed by atoms with Gasteiger partial charge in [-0.1, -0.05) is 6.07 Å². The van der Waals surface area contributed by atoms with E-state index >= 15 is 0 Å². The van der Waals surface area contributed by atoms with Crippen molar-refractivity contribution >= 4 is 17.3 Å². The molecule has 0 saturated carbocycles. The maximum Gasteiger partial charge on any atom is 0.337 e. The number of likely N-dealkylation sites (N-methyl/N-ethyl adjacent to an activating group) is 1. The van der Waals surface area contributed by atoms with Crippen LogP contribution in [0.3, 0.4) is 0 Å². The third kappa shape index (κ3) is 3.20. The summed E-state index contributed by atoms with van der Waals surface area (Å²) in [4.78, 5) is 15.7. The number of nitrogen functional groups attached to an aromatic ring is 2. The largest absolute Gasteiger partial charge is 0.478 e. The van der Waals surface area contributed by atoms with Crippen LogP contribution in [0.25, 0.3) is 0 Å². The summed E-state index contributed by atoms with van der Waals surface area (Å²) in [5.41, 5.74) is 13.3. The Morgan fingerprint density at radius 3 is 2.45 bits per heavy atom. The molecular weight excluding hydrogens is 256 g/mol. The minimum absolute atomic E-state index is 0.0749. The van der Waals surface area contributed by atoms with E-state index in [0.717, 1.165) is 44.7 Å². The second-order valence-corrected chi connectivity index (χ2v) is 5.30. The van der Waals surface area contributed by atoms with Gasteiger partial charge >= 0.3 is 5.97 Å². The van der Waals surface area contributed by atoms with Crippen molar-refractivity contribution in [1.82, 2.24) is 9.80 Å². The lowest BCUT2D eigenvalue weighted by Gasteiger charge is -2.32. The number of carboxylic acids is 1. The fourth-order valence-electron chi connectivity index (χ4n) is 2.44. The Labute approximate surface area is 119 Å².